The monoisotopic (exact) mass is 258 g/mol. The fourth-order valence-electron chi connectivity index (χ4n) is 1.87. The first-order valence-electron chi connectivity index (χ1n) is 6.52. The van der Waals surface area contributed by atoms with Crippen molar-refractivity contribution in [3.8, 4) is 0 Å². The van der Waals surface area contributed by atoms with Gasteiger partial charge in [0.15, 0.2) is 0 Å². The van der Waals surface area contributed by atoms with Gasteiger partial charge in [-0.1, -0.05) is 6.42 Å². The molecule has 0 radical (unpaired) electrons. The highest BCUT2D eigenvalue weighted by atomic mass is 16.5. The molecule has 0 aromatic carbocycles. The normalized spacial score (nSPS) is 19.2. The molecule has 2 amide bonds. The largest absolute Gasteiger partial charge is 0.481 e. The van der Waals surface area contributed by atoms with Crippen LogP contribution in [0.3, 0.4) is 0 Å². The molecule has 1 atom stereocenters. The van der Waals surface area contributed by atoms with Crippen molar-refractivity contribution in [2.24, 2.45) is 0 Å². The molecule has 1 aliphatic heterocycles. The topological polar surface area (TPSA) is 87.7 Å². The van der Waals surface area contributed by atoms with Crippen molar-refractivity contribution in [2.45, 2.75) is 44.6 Å². The van der Waals surface area contributed by atoms with Crippen molar-refractivity contribution >= 4 is 12.0 Å². The van der Waals surface area contributed by atoms with E-state index < -0.39 is 5.97 Å². The molecule has 104 valence electrons. The van der Waals surface area contributed by atoms with Gasteiger partial charge in [-0.25, -0.2) is 4.79 Å². The number of carbonyl (C=O) groups excluding carboxylic acids is 1. The molecule has 0 bridgehead atoms. The molecule has 1 aliphatic rings. The molecular weight excluding hydrogens is 236 g/mol. The summed E-state index contributed by atoms with van der Waals surface area (Å²) in [7, 11) is 0. The minimum atomic E-state index is -0.766. The molecule has 1 saturated heterocycles. The number of ether oxygens (including phenoxy) is 1. The maximum absolute atomic E-state index is 11.5. The van der Waals surface area contributed by atoms with Gasteiger partial charge in [-0.15, -0.1) is 0 Å². The first-order valence-corrected chi connectivity index (χ1v) is 6.52. The zero-order chi connectivity index (χ0) is 13.2. The molecule has 1 heterocycles. The third-order valence-electron chi connectivity index (χ3n) is 2.85. The van der Waals surface area contributed by atoms with E-state index in [-0.39, 0.29) is 18.5 Å². The lowest BCUT2D eigenvalue weighted by Gasteiger charge is -2.23. The predicted molar refractivity (Wildman–Crippen MR) is 66.5 cm³/mol. The maximum Gasteiger partial charge on any atom is 0.315 e. The van der Waals surface area contributed by atoms with E-state index in [2.05, 4.69) is 10.6 Å². The van der Waals surface area contributed by atoms with E-state index >= 15 is 0 Å². The number of amides is 2. The Morgan fingerprint density at radius 2 is 2.11 bits per heavy atom. The number of unbranched alkanes of at least 4 members (excludes halogenated alkanes) is 2. The first-order chi connectivity index (χ1) is 8.68. The Morgan fingerprint density at radius 1 is 1.28 bits per heavy atom. The van der Waals surface area contributed by atoms with Crippen LogP contribution >= 0.6 is 0 Å². The summed E-state index contributed by atoms with van der Waals surface area (Å²) in [5.74, 6) is -0.766. The summed E-state index contributed by atoms with van der Waals surface area (Å²) in [6.07, 6.45) is 4.44. The molecule has 0 aromatic rings. The molecule has 18 heavy (non-hydrogen) atoms. The zero-order valence-electron chi connectivity index (χ0n) is 10.6. The molecule has 6 nitrogen and oxygen atoms in total. The minimum absolute atomic E-state index is 0.116. The van der Waals surface area contributed by atoms with Gasteiger partial charge in [0.1, 0.15) is 0 Å². The van der Waals surface area contributed by atoms with Crippen LogP contribution < -0.4 is 10.6 Å². The van der Waals surface area contributed by atoms with Gasteiger partial charge in [-0.3, -0.25) is 4.79 Å². The molecule has 0 aromatic heterocycles. The molecular formula is C12H22N2O4. The van der Waals surface area contributed by atoms with Crippen LogP contribution in [0.15, 0.2) is 0 Å². The van der Waals surface area contributed by atoms with Crippen molar-refractivity contribution < 1.29 is 19.4 Å². The Balaban J connectivity index is 1.94. The molecule has 0 saturated carbocycles. The lowest BCUT2D eigenvalue weighted by atomic mass is 10.1. The highest BCUT2D eigenvalue weighted by molar-refractivity contribution is 5.74. The van der Waals surface area contributed by atoms with Crippen LogP contribution in [0.25, 0.3) is 0 Å². The number of rotatable bonds is 7. The summed E-state index contributed by atoms with van der Waals surface area (Å²) >= 11 is 0. The van der Waals surface area contributed by atoms with Crippen molar-refractivity contribution in [1.82, 2.24) is 10.6 Å². The van der Waals surface area contributed by atoms with Gasteiger partial charge in [0, 0.05) is 19.6 Å². The molecule has 6 heteroatoms. The summed E-state index contributed by atoms with van der Waals surface area (Å²) < 4.78 is 5.26. The van der Waals surface area contributed by atoms with E-state index in [0.29, 0.717) is 19.6 Å². The number of carboxylic acids is 1. The fraction of sp³-hybridized carbons (Fsp3) is 0.833. The van der Waals surface area contributed by atoms with Gasteiger partial charge in [-0.2, -0.15) is 0 Å². The summed E-state index contributed by atoms with van der Waals surface area (Å²) in [5, 5.41) is 14.1. The standard InChI is InChI=1S/C12H22N2O4/c15-11(16)6-2-1-3-7-13-12(17)14-10-5-4-8-18-9-10/h10H,1-9H2,(H,15,16)(H2,13,14,17). The van der Waals surface area contributed by atoms with Crippen LogP contribution in [-0.4, -0.2) is 42.9 Å². The lowest BCUT2D eigenvalue weighted by molar-refractivity contribution is -0.137. The van der Waals surface area contributed by atoms with E-state index in [1.165, 1.54) is 0 Å². The third-order valence-corrected chi connectivity index (χ3v) is 2.85. The Bertz CT molecular complexity index is 265. The quantitative estimate of drug-likeness (QED) is 0.597. The number of urea groups is 1. The van der Waals surface area contributed by atoms with Gasteiger partial charge >= 0.3 is 12.0 Å². The number of hydrogen-bond donors (Lipinski definition) is 3. The number of carboxylic acid groups (broad SMARTS) is 1. The SMILES string of the molecule is O=C(O)CCCCCNC(=O)NC1CCCOC1. The first kappa shape index (κ1) is 14.8. The van der Waals surface area contributed by atoms with E-state index in [0.717, 1.165) is 32.3 Å². The molecule has 0 spiro atoms. The molecule has 1 rings (SSSR count). The van der Waals surface area contributed by atoms with Crippen LogP contribution in [0.1, 0.15) is 38.5 Å². The van der Waals surface area contributed by atoms with Gasteiger partial charge in [0.2, 0.25) is 0 Å². The van der Waals surface area contributed by atoms with E-state index in [9.17, 15) is 9.59 Å². The van der Waals surface area contributed by atoms with Crippen LogP contribution in [0, 0.1) is 0 Å². The zero-order valence-corrected chi connectivity index (χ0v) is 10.6. The van der Waals surface area contributed by atoms with Gasteiger partial charge in [-0.05, 0) is 25.7 Å². The Labute approximate surface area is 107 Å². The van der Waals surface area contributed by atoms with E-state index in [4.69, 9.17) is 9.84 Å². The van der Waals surface area contributed by atoms with Gasteiger partial charge in [0.25, 0.3) is 0 Å². The lowest BCUT2D eigenvalue weighted by Crippen LogP contribution is -2.45. The Kier molecular flexibility index (Phi) is 7.17. The summed E-state index contributed by atoms with van der Waals surface area (Å²) in [6.45, 7) is 1.95. The highest BCUT2D eigenvalue weighted by Gasteiger charge is 2.15. The second-order valence-corrected chi connectivity index (χ2v) is 4.52. The van der Waals surface area contributed by atoms with Crippen molar-refractivity contribution in [3.05, 3.63) is 0 Å². The van der Waals surface area contributed by atoms with Gasteiger partial charge < -0.3 is 20.5 Å². The van der Waals surface area contributed by atoms with Crippen LogP contribution in [0.2, 0.25) is 0 Å². The number of nitrogens with one attached hydrogen (secondary N) is 2. The van der Waals surface area contributed by atoms with Crippen molar-refractivity contribution in [2.75, 3.05) is 19.8 Å². The molecule has 0 aliphatic carbocycles. The average Bonchev–Trinajstić information content (AvgIpc) is 2.34. The number of aliphatic carboxylic acids is 1. The van der Waals surface area contributed by atoms with Gasteiger partial charge in [0.05, 0.1) is 12.6 Å². The van der Waals surface area contributed by atoms with Crippen molar-refractivity contribution in [3.63, 3.8) is 0 Å². The van der Waals surface area contributed by atoms with Crippen molar-refractivity contribution in [1.29, 1.82) is 0 Å². The number of carbonyl (C=O) groups is 2. The predicted octanol–water partition coefficient (Wildman–Crippen LogP) is 1.11. The minimum Gasteiger partial charge on any atom is -0.481 e. The smallest absolute Gasteiger partial charge is 0.315 e. The molecule has 1 unspecified atom stereocenters. The third kappa shape index (κ3) is 7.11. The Hall–Kier alpha value is -1.30. The molecule has 1 fully saturated rings. The van der Waals surface area contributed by atoms with Crippen LogP contribution in [0.5, 0.6) is 0 Å². The maximum atomic E-state index is 11.5. The summed E-state index contributed by atoms with van der Waals surface area (Å²) in [4.78, 5) is 21.8. The average molecular weight is 258 g/mol. The van der Waals surface area contributed by atoms with Crippen LogP contribution in [-0.2, 0) is 9.53 Å². The summed E-state index contributed by atoms with van der Waals surface area (Å²) in [5.41, 5.74) is 0. The molecule has 3 N–H and O–H groups in total. The fourth-order valence-corrected chi connectivity index (χ4v) is 1.87. The Morgan fingerprint density at radius 3 is 2.78 bits per heavy atom. The van der Waals surface area contributed by atoms with E-state index in [1.807, 2.05) is 0 Å². The number of hydrogen-bond acceptors (Lipinski definition) is 3. The second-order valence-electron chi connectivity index (χ2n) is 4.52. The highest BCUT2D eigenvalue weighted by Crippen LogP contribution is 2.05. The van der Waals surface area contributed by atoms with Crippen LogP contribution in [0.4, 0.5) is 4.79 Å². The van der Waals surface area contributed by atoms with E-state index in [1.54, 1.807) is 0 Å². The summed E-state index contributed by atoms with van der Waals surface area (Å²) in [6, 6.07) is -0.0468. The second kappa shape index (κ2) is 8.74.